The molecule has 26 heavy (non-hydrogen) atoms. The summed E-state index contributed by atoms with van der Waals surface area (Å²) in [5.74, 6) is -0.397. The highest BCUT2D eigenvalue weighted by Gasteiger charge is 2.23. The van der Waals surface area contributed by atoms with Crippen LogP contribution in [0.1, 0.15) is 0 Å². The van der Waals surface area contributed by atoms with Crippen molar-refractivity contribution in [1.29, 1.82) is 5.26 Å². The first kappa shape index (κ1) is 17.6. The van der Waals surface area contributed by atoms with Crippen molar-refractivity contribution in [1.82, 2.24) is 9.55 Å². The molecule has 0 fully saturated rings. The Hall–Kier alpha value is -3.18. The first-order chi connectivity index (χ1) is 12.4. The van der Waals surface area contributed by atoms with Gasteiger partial charge in [-0.2, -0.15) is 5.26 Å². The minimum absolute atomic E-state index is 0.135. The van der Waals surface area contributed by atoms with Gasteiger partial charge in [0.2, 0.25) is 20.9 Å². The number of carbonyl (C=O) groups is 1. The van der Waals surface area contributed by atoms with Gasteiger partial charge in [0.25, 0.3) is 0 Å². The molecule has 0 bridgehead atoms. The number of para-hydroxylation sites is 3. The van der Waals surface area contributed by atoms with Crippen LogP contribution in [0.2, 0.25) is 0 Å². The largest absolute Gasteiger partial charge is 0.305 e. The number of nitrogens with zero attached hydrogens (tertiary/aromatic N) is 4. The first-order valence-electron chi connectivity index (χ1n) is 7.79. The summed E-state index contributed by atoms with van der Waals surface area (Å²) in [4.78, 5) is 18.3. The van der Waals surface area contributed by atoms with E-state index < -0.39 is 15.7 Å². The molecule has 0 aliphatic carbocycles. The topological polar surface area (TPSA) is 96.1 Å². The third kappa shape index (κ3) is 3.43. The summed E-state index contributed by atoms with van der Waals surface area (Å²) < 4.78 is 25.6. The van der Waals surface area contributed by atoms with Crippen molar-refractivity contribution >= 4 is 32.5 Å². The average Bonchev–Trinajstić information content (AvgIpc) is 2.99. The van der Waals surface area contributed by atoms with Crippen LogP contribution in [0.15, 0.2) is 59.8 Å². The Balaban J connectivity index is 2.05. The number of hydrogen-bond donors (Lipinski definition) is 0. The summed E-state index contributed by atoms with van der Waals surface area (Å²) in [5.41, 5.74) is 1.61. The van der Waals surface area contributed by atoms with E-state index in [-0.39, 0.29) is 18.2 Å². The Morgan fingerprint density at radius 2 is 1.81 bits per heavy atom. The van der Waals surface area contributed by atoms with E-state index in [0.29, 0.717) is 16.7 Å². The van der Waals surface area contributed by atoms with Gasteiger partial charge in [-0.05, 0) is 24.3 Å². The molecule has 0 aliphatic heterocycles. The lowest BCUT2D eigenvalue weighted by Crippen LogP contribution is -2.34. The summed E-state index contributed by atoms with van der Waals surface area (Å²) in [6, 6.07) is 17.7. The zero-order valence-corrected chi connectivity index (χ0v) is 14.8. The maximum absolute atomic E-state index is 12.9. The first-order valence-corrected chi connectivity index (χ1v) is 9.68. The number of carbonyl (C=O) groups excluding carboxylic acids is 1. The van der Waals surface area contributed by atoms with E-state index >= 15 is 0 Å². The fourth-order valence-corrected chi connectivity index (χ4v) is 3.54. The summed E-state index contributed by atoms with van der Waals surface area (Å²) >= 11 is 0. The van der Waals surface area contributed by atoms with Crippen molar-refractivity contribution in [3.8, 4) is 6.07 Å². The van der Waals surface area contributed by atoms with Gasteiger partial charge in [0, 0.05) is 11.9 Å². The van der Waals surface area contributed by atoms with Crippen LogP contribution >= 0.6 is 0 Å². The van der Waals surface area contributed by atoms with Crippen LogP contribution in [0, 0.1) is 11.3 Å². The molecule has 3 rings (SSSR count). The average molecular weight is 368 g/mol. The SMILES string of the molecule is CS(=O)(=O)c1nc2ccccc2n1CC(=O)N(CC#N)c1ccccc1. The predicted octanol–water partition coefficient (Wildman–Crippen LogP) is 2.00. The van der Waals surface area contributed by atoms with Gasteiger partial charge in [0.15, 0.2) is 0 Å². The third-order valence-electron chi connectivity index (χ3n) is 3.84. The standard InChI is InChI=1S/C18H16N4O3S/c1-26(24,25)18-20-15-9-5-6-10-16(15)22(18)13-17(23)21(12-11-19)14-7-3-2-4-8-14/h2-10H,12-13H2,1H3. The van der Waals surface area contributed by atoms with Gasteiger partial charge in [0.05, 0.1) is 17.1 Å². The van der Waals surface area contributed by atoms with Crippen molar-refractivity contribution in [3.63, 3.8) is 0 Å². The van der Waals surface area contributed by atoms with Crippen molar-refractivity contribution in [2.45, 2.75) is 11.7 Å². The molecular formula is C18H16N4O3S. The molecule has 0 radical (unpaired) electrons. The summed E-state index contributed by atoms with van der Waals surface area (Å²) in [6.45, 7) is -0.372. The van der Waals surface area contributed by atoms with Gasteiger partial charge in [0.1, 0.15) is 13.1 Å². The lowest BCUT2D eigenvalue weighted by Gasteiger charge is -2.20. The Bertz CT molecular complexity index is 1100. The summed E-state index contributed by atoms with van der Waals surface area (Å²) in [5, 5.41) is 8.90. The number of sulfone groups is 1. The highest BCUT2D eigenvalue weighted by atomic mass is 32.2. The van der Waals surface area contributed by atoms with Gasteiger partial charge in [-0.15, -0.1) is 0 Å². The van der Waals surface area contributed by atoms with Gasteiger partial charge in [-0.25, -0.2) is 13.4 Å². The van der Waals surface area contributed by atoms with Gasteiger partial charge < -0.3 is 4.57 Å². The van der Waals surface area contributed by atoms with Crippen LogP contribution < -0.4 is 4.90 Å². The Morgan fingerprint density at radius 3 is 2.46 bits per heavy atom. The minimum atomic E-state index is -3.63. The maximum atomic E-state index is 12.9. The number of nitriles is 1. The van der Waals surface area contributed by atoms with Crippen LogP contribution in [-0.4, -0.2) is 36.7 Å². The lowest BCUT2D eigenvalue weighted by atomic mass is 10.2. The highest BCUT2D eigenvalue weighted by Crippen LogP contribution is 2.21. The van der Waals surface area contributed by atoms with Crippen LogP contribution in [-0.2, 0) is 21.2 Å². The second-order valence-electron chi connectivity index (χ2n) is 5.71. The quantitative estimate of drug-likeness (QED) is 0.642. The molecule has 0 aliphatic rings. The highest BCUT2D eigenvalue weighted by molar-refractivity contribution is 7.90. The number of imidazole rings is 1. The van der Waals surface area contributed by atoms with E-state index in [2.05, 4.69) is 4.98 Å². The molecule has 0 N–H and O–H groups in total. The van der Waals surface area contributed by atoms with Crippen molar-refractivity contribution in [2.75, 3.05) is 17.7 Å². The molecule has 2 aromatic carbocycles. The van der Waals surface area contributed by atoms with E-state index in [0.717, 1.165) is 6.26 Å². The second-order valence-corrected chi connectivity index (χ2v) is 7.62. The summed E-state index contributed by atoms with van der Waals surface area (Å²) in [6.07, 6.45) is 1.05. The molecule has 0 atom stereocenters. The number of rotatable bonds is 5. The fraction of sp³-hybridized carbons (Fsp3) is 0.167. The van der Waals surface area contributed by atoms with E-state index in [1.807, 2.05) is 12.1 Å². The molecule has 7 nitrogen and oxygen atoms in total. The number of amides is 1. The number of anilines is 1. The molecule has 1 heterocycles. The fourth-order valence-electron chi connectivity index (χ4n) is 2.71. The van der Waals surface area contributed by atoms with Gasteiger partial charge in [-0.3, -0.25) is 9.69 Å². The molecule has 0 spiro atoms. The van der Waals surface area contributed by atoms with Crippen molar-refractivity contribution in [3.05, 3.63) is 54.6 Å². The molecule has 1 amide bonds. The summed E-state index contributed by atoms with van der Waals surface area (Å²) in [7, 11) is -3.63. The molecule has 0 saturated carbocycles. The minimum Gasteiger partial charge on any atom is -0.305 e. The predicted molar refractivity (Wildman–Crippen MR) is 97.3 cm³/mol. The second kappa shape index (κ2) is 6.98. The lowest BCUT2D eigenvalue weighted by molar-refractivity contribution is -0.119. The van der Waals surface area contributed by atoms with Gasteiger partial charge in [-0.1, -0.05) is 30.3 Å². The Labute approximate surface area is 151 Å². The number of aromatic nitrogens is 2. The third-order valence-corrected chi connectivity index (χ3v) is 4.82. The normalized spacial score (nSPS) is 11.2. The number of fused-ring (bicyclic) bond motifs is 1. The molecule has 132 valence electrons. The molecule has 1 aromatic heterocycles. The zero-order valence-electron chi connectivity index (χ0n) is 14.0. The molecular weight excluding hydrogens is 352 g/mol. The number of benzene rings is 2. The van der Waals surface area contributed by atoms with Crippen LogP contribution in [0.5, 0.6) is 0 Å². The van der Waals surface area contributed by atoms with Crippen LogP contribution in [0.25, 0.3) is 11.0 Å². The van der Waals surface area contributed by atoms with E-state index in [1.165, 1.54) is 9.47 Å². The van der Waals surface area contributed by atoms with E-state index in [9.17, 15) is 13.2 Å². The Morgan fingerprint density at radius 1 is 1.15 bits per heavy atom. The van der Waals surface area contributed by atoms with E-state index in [4.69, 9.17) is 5.26 Å². The van der Waals surface area contributed by atoms with Gasteiger partial charge >= 0.3 is 0 Å². The number of hydrogen-bond acceptors (Lipinski definition) is 5. The monoisotopic (exact) mass is 368 g/mol. The Kier molecular flexibility index (Phi) is 4.73. The smallest absolute Gasteiger partial charge is 0.247 e. The molecule has 8 heteroatoms. The van der Waals surface area contributed by atoms with Crippen LogP contribution in [0.4, 0.5) is 5.69 Å². The molecule has 0 unspecified atom stereocenters. The van der Waals surface area contributed by atoms with Crippen LogP contribution in [0.3, 0.4) is 0 Å². The zero-order chi connectivity index (χ0) is 18.7. The maximum Gasteiger partial charge on any atom is 0.247 e. The van der Waals surface area contributed by atoms with E-state index in [1.54, 1.807) is 48.5 Å². The molecule has 3 aromatic rings. The van der Waals surface area contributed by atoms with Crippen molar-refractivity contribution in [2.24, 2.45) is 0 Å². The van der Waals surface area contributed by atoms with Crippen molar-refractivity contribution < 1.29 is 13.2 Å². The molecule has 0 saturated heterocycles.